The van der Waals surface area contributed by atoms with Gasteiger partial charge in [0.1, 0.15) is 12.4 Å². The summed E-state index contributed by atoms with van der Waals surface area (Å²) in [6, 6.07) is 9.12. The Bertz CT molecular complexity index is 687. The number of aromatic nitrogens is 1. The van der Waals surface area contributed by atoms with Gasteiger partial charge in [-0.25, -0.2) is 0 Å². The fourth-order valence-electron chi connectivity index (χ4n) is 1.71. The lowest BCUT2D eigenvalue weighted by molar-refractivity contribution is -0.119. The van der Waals surface area contributed by atoms with Crippen LogP contribution in [0, 0.1) is 0 Å². The SMILES string of the molecule is CNC(=O)CNC(=O)c1cc(COc2ccccc2SC)on1. The minimum absolute atomic E-state index is 0.102. The highest BCUT2D eigenvalue weighted by atomic mass is 32.2. The summed E-state index contributed by atoms with van der Waals surface area (Å²) >= 11 is 1.58. The van der Waals surface area contributed by atoms with Crippen LogP contribution in [0.5, 0.6) is 5.75 Å². The molecule has 0 aliphatic rings. The van der Waals surface area contributed by atoms with E-state index in [0.29, 0.717) is 5.76 Å². The molecule has 0 aliphatic carbocycles. The Morgan fingerprint density at radius 1 is 1.35 bits per heavy atom. The van der Waals surface area contributed by atoms with Crippen molar-refractivity contribution in [2.24, 2.45) is 0 Å². The standard InChI is InChI=1S/C15H17N3O4S/c1-16-14(19)8-17-15(20)11-7-10(22-18-11)9-21-12-5-3-4-6-13(12)23-2/h3-7H,8-9H2,1-2H3,(H,16,19)(H,17,20). The monoisotopic (exact) mass is 335 g/mol. The maximum absolute atomic E-state index is 11.8. The number of carbonyl (C=O) groups is 2. The number of para-hydroxylation sites is 1. The molecule has 23 heavy (non-hydrogen) atoms. The number of rotatable bonds is 7. The first kappa shape index (κ1) is 16.9. The van der Waals surface area contributed by atoms with Crippen LogP contribution >= 0.6 is 11.8 Å². The molecule has 0 fully saturated rings. The van der Waals surface area contributed by atoms with Crippen LogP contribution in [0.4, 0.5) is 0 Å². The molecule has 0 unspecified atom stereocenters. The fraction of sp³-hybridized carbons (Fsp3) is 0.267. The molecule has 2 rings (SSSR count). The third kappa shape index (κ3) is 4.75. The number of likely N-dealkylation sites (N-methyl/N-ethyl adjacent to an activating group) is 1. The highest BCUT2D eigenvalue weighted by molar-refractivity contribution is 7.98. The van der Waals surface area contributed by atoms with Crippen LogP contribution in [0.15, 0.2) is 39.8 Å². The van der Waals surface area contributed by atoms with Crippen LogP contribution in [0.2, 0.25) is 0 Å². The average Bonchev–Trinajstić information content (AvgIpc) is 3.06. The van der Waals surface area contributed by atoms with E-state index in [1.165, 1.54) is 13.1 Å². The molecule has 2 aromatic rings. The van der Waals surface area contributed by atoms with Crippen LogP contribution in [0.3, 0.4) is 0 Å². The molecule has 0 saturated carbocycles. The van der Waals surface area contributed by atoms with Gasteiger partial charge in [-0.05, 0) is 18.4 Å². The zero-order valence-electron chi connectivity index (χ0n) is 12.8. The van der Waals surface area contributed by atoms with E-state index in [0.717, 1.165) is 10.6 Å². The van der Waals surface area contributed by atoms with Gasteiger partial charge in [0.25, 0.3) is 5.91 Å². The maximum Gasteiger partial charge on any atom is 0.273 e. The number of nitrogens with zero attached hydrogens (tertiary/aromatic N) is 1. The Morgan fingerprint density at radius 3 is 2.87 bits per heavy atom. The number of hydrogen-bond donors (Lipinski definition) is 2. The smallest absolute Gasteiger partial charge is 0.273 e. The lowest BCUT2D eigenvalue weighted by Crippen LogP contribution is -2.35. The second kappa shape index (κ2) is 8.23. The lowest BCUT2D eigenvalue weighted by atomic mass is 10.3. The molecule has 0 saturated heterocycles. The summed E-state index contributed by atoms with van der Waals surface area (Å²) in [5.74, 6) is 0.389. The van der Waals surface area contributed by atoms with Crippen molar-refractivity contribution in [2.45, 2.75) is 11.5 Å². The molecule has 0 radical (unpaired) electrons. The third-order valence-electron chi connectivity index (χ3n) is 2.92. The highest BCUT2D eigenvalue weighted by Gasteiger charge is 2.14. The first-order valence-corrected chi connectivity index (χ1v) is 8.06. The number of carbonyl (C=O) groups excluding carboxylic acids is 2. The van der Waals surface area contributed by atoms with Crippen molar-refractivity contribution in [3.63, 3.8) is 0 Å². The number of amides is 2. The summed E-state index contributed by atoms with van der Waals surface area (Å²) in [5, 5.41) is 8.51. The Morgan fingerprint density at radius 2 is 2.13 bits per heavy atom. The predicted molar refractivity (Wildman–Crippen MR) is 85.5 cm³/mol. The normalized spacial score (nSPS) is 10.2. The first-order valence-electron chi connectivity index (χ1n) is 6.84. The Labute approximate surface area is 137 Å². The fourth-order valence-corrected chi connectivity index (χ4v) is 2.26. The van der Waals surface area contributed by atoms with Crippen molar-refractivity contribution in [2.75, 3.05) is 19.8 Å². The quantitative estimate of drug-likeness (QED) is 0.744. The molecule has 0 bridgehead atoms. The molecule has 2 N–H and O–H groups in total. The molecular weight excluding hydrogens is 318 g/mol. The largest absolute Gasteiger partial charge is 0.484 e. The summed E-state index contributed by atoms with van der Waals surface area (Å²) in [7, 11) is 1.49. The van der Waals surface area contributed by atoms with Crippen LogP contribution in [0.1, 0.15) is 16.2 Å². The van der Waals surface area contributed by atoms with E-state index in [9.17, 15) is 9.59 Å². The number of ether oxygens (including phenoxy) is 1. The molecule has 1 aromatic carbocycles. The van der Waals surface area contributed by atoms with Crippen molar-refractivity contribution in [3.8, 4) is 5.75 Å². The molecule has 0 aliphatic heterocycles. The average molecular weight is 335 g/mol. The van der Waals surface area contributed by atoms with Gasteiger partial charge in [0, 0.05) is 18.0 Å². The van der Waals surface area contributed by atoms with E-state index in [1.54, 1.807) is 11.8 Å². The molecule has 8 heteroatoms. The molecule has 1 heterocycles. The summed E-state index contributed by atoms with van der Waals surface area (Å²) in [4.78, 5) is 23.9. The van der Waals surface area contributed by atoms with Gasteiger partial charge >= 0.3 is 0 Å². The number of hydrogen-bond acceptors (Lipinski definition) is 6. The predicted octanol–water partition coefficient (Wildman–Crippen LogP) is 1.45. The maximum atomic E-state index is 11.8. The number of thioether (sulfide) groups is 1. The third-order valence-corrected chi connectivity index (χ3v) is 3.70. The topological polar surface area (TPSA) is 93.5 Å². The second-order valence-electron chi connectivity index (χ2n) is 4.47. The van der Waals surface area contributed by atoms with Crippen LogP contribution in [-0.4, -0.2) is 36.8 Å². The van der Waals surface area contributed by atoms with E-state index < -0.39 is 5.91 Å². The molecule has 0 spiro atoms. The first-order chi connectivity index (χ1) is 11.1. The number of nitrogens with one attached hydrogen (secondary N) is 2. The number of benzene rings is 1. The van der Waals surface area contributed by atoms with E-state index in [4.69, 9.17) is 9.26 Å². The zero-order chi connectivity index (χ0) is 16.7. The van der Waals surface area contributed by atoms with Crippen molar-refractivity contribution in [1.82, 2.24) is 15.8 Å². The minimum Gasteiger partial charge on any atom is -0.484 e. The van der Waals surface area contributed by atoms with Gasteiger partial charge in [0.15, 0.2) is 11.5 Å². The van der Waals surface area contributed by atoms with Gasteiger partial charge in [-0.3, -0.25) is 9.59 Å². The molecule has 7 nitrogen and oxygen atoms in total. The summed E-state index contributed by atoms with van der Waals surface area (Å²) in [6.45, 7) is 0.0441. The molecule has 1 aromatic heterocycles. The van der Waals surface area contributed by atoms with E-state index in [-0.39, 0.29) is 24.8 Å². The van der Waals surface area contributed by atoms with Gasteiger partial charge in [0.05, 0.1) is 6.54 Å². The van der Waals surface area contributed by atoms with E-state index in [1.807, 2.05) is 30.5 Å². The van der Waals surface area contributed by atoms with Crippen LogP contribution in [-0.2, 0) is 11.4 Å². The Kier molecular flexibility index (Phi) is 6.04. The summed E-state index contributed by atoms with van der Waals surface area (Å²) in [6.07, 6.45) is 1.96. The molecular formula is C15H17N3O4S. The molecule has 0 atom stereocenters. The Hall–Kier alpha value is -2.48. The van der Waals surface area contributed by atoms with Gasteiger partial charge in [-0.2, -0.15) is 0 Å². The highest BCUT2D eigenvalue weighted by Crippen LogP contribution is 2.27. The van der Waals surface area contributed by atoms with E-state index in [2.05, 4.69) is 15.8 Å². The summed E-state index contributed by atoms with van der Waals surface area (Å²) in [5.41, 5.74) is 0.102. The van der Waals surface area contributed by atoms with Gasteiger partial charge < -0.3 is 19.9 Å². The second-order valence-corrected chi connectivity index (χ2v) is 5.32. The lowest BCUT2D eigenvalue weighted by Gasteiger charge is -2.07. The van der Waals surface area contributed by atoms with Crippen LogP contribution < -0.4 is 15.4 Å². The van der Waals surface area contributed by atoms with Gasteiger partial charge in [-0.15, -0.1) is 11.8 Å². The minimum atomic E-state index is -0.479. The van der Waals surface area contributed by atoms with Gasteiger partial charge in [-0.1, -0.05) is 17.3 Å². The van der Waals surface area contributed by atoms with E-state index >= 15 is 0 Å². The zero-order valence-corrected chi connectivity index (χ0v) is 13.6. The van der Waals surface area contributed by atoms with Gasteiger partial charge in [0.2, 0.25) is 5.91 Å². The molecule has 2 amide bonds. The van der Waals surface area contributed by atoms with Crippen LogP contribution in [0.25, 0.3) is 0 Å². The Balaban J connectivity index is 1.92. The van der Waals surface area contributed by atoms with Crippen molar-refractivity contribution in [3.05, 3.63) is 41.8 Å². The van der Waals surface area contributed by atoms with Crippen molar-refractivity contribution < 1.29 is 18.8 Å². The van der Waals surface area contributed by atoms with Crippen molar-refractivity contribution >= 4 is 23.6 Å². The summed E-state index contributed by atoms with van der Waals surface area (Å²) < 4.78 is 10.7. The molecule has 122 valence electrons. The van der Waals surface area contributed by atoms with Crippen molar-refractivity contribution in [1.29, 1.82) is 0 Å².